The average molecular weight is 331 g/mol. The third-order valence-electron chi connectivity index (χ3n) is 4.20. The van der Waals surface area contributed by atoms with Crippen LogP contribution in [0.25, 0.3) is 0 Å². The molecule has 1 aromatic carbocycles. The lowest BCUT2D eigenvalue weighted by Crippen LogP contribution is -2.39. The van der Waals surface area contributed by atoms with Crippen LogP contribution in [0.2, 0.25) is 0 Å². The maximum Gasteiger partial charge on any atom is 0.193 e. The molecule has 2 aromatic rings. The summed E-state index contributed by atoms with van der Waals surface area (Å²) < 4.78 is 15.2. The van der Waals surface area contributed by atoms with Crippen molar-refractivity contribution >= 4 is 5.96 Å². The summed E-state index contributed by atoms with van der Waals surface area (Å²) in [5, 5.41) is 7.80. The Morgan fingerprint density at radius 3 is 2.71 bits per heavy atom. The van der Waals surface area contributed by atoms with Crippen molar-refractivity contribution in [3.05, 3.63) is 52.6 Å². The largest absolute Gasteiger partial charge is 0.356 e. The van der Waals surface area contributed by atoms with E-state index in [4.69, 9.17) is 0 Å². The van der Waals surface area contributed by atoms with E-state index in [0.717, 1.165) is 30.2 Å². The zero-order valence-electron chi connectivity index (χ0n) is 15.1. The fraction of sp³-hybridized carbons (Fsp3) is 0.444. The first-order valence-corrected chi connectivity index (χ1v) is 8.07. The molecule has 0 atom stereocenters. The van der Waals surface area contributed by atoms with Crippen LogP contribution in [0.1, 0.15) is 22.5 Å². The SMILES string of the molecule is CN=C(NCCc1c(C)nn(C)c1C)N(C)Cc1cccc(F)c1. The van der Waals surface area contributed by atoms with Gasteiger partial charge in [0.05, 0.1) is 5.69 Å². The molecule has 5 nitrogen and oxygen atoms in total. The minimum Gasteiger partial charge on any atom is -0.356 e. The molecule has 0 aliphatic heterocycles. The van der Waals surface area contributed by atoms with E-state index < -0.39 is 0 Å². The van der Waals surface area contributed by atoms with Crippen LogP contribution >= 0.6 is 0 Å². The molecule has 1 aromatic heterocycles. The van der Waals surface area contributed by atoms with Crippen molar-refractivity contribution in [3.63, 3.8) is 0 Å². The zero-order valence-corrected chi connectivity index (χ0v) is 15.1. The number of aliphatic imine (C=N–C) groups is 1. The molecule has 0 spiro atoms. The summed E-state index contributed by atoms with van der Waals surface area (Å²) in [7, 11) is 5.66. The Bertz CT molecular complexity index is 720. The Morgan fingerprint density at radius 1 is 1.38 bits per heavy atom. The van der Waals surface area contributed by atoms with Crippen LogP contribution in [-0.2, 0) is 20.0 Å². The molecular formula is C18H26FN5. The molecule has 0 saturated carbocycles. The summed E-state index contributed by atoms with van der Waals surface area (Å²) in [4.78, 5) is 6.29. The molecule has 0 saturated heterocycles. The third-order valence-corrected chi connectivity index (χ3v) is 4.20. The topological polar surface area (TPSA) is 45.5 Å². The number of halogens is 1. The van der Waals surface area contributed by atoms with E-state index in [1.807, 2.05) is 36.7 Å². The Hall–Kier alpha value is -2.37. The smallest absolute Gasteiger partial charge is 0.193 e. The van der Waals surface area contributed by atoms with Gasteiger partial charge in [0.15, 0.2) is 5.96 Å². The van der Waals surface area contributed by atoms with E-state index in [1.54, 1.807) is 19.2 Å². The molecule has 0 fully saturated rings. The maximum atomic E-state index is 13.3. The number of aromatic nitrogens is 2. The van der Waals surface area contributed by atoms with Gasteiger partial charge in [-0.15, -0.1) is 0 Å². The summed E-state index contributed by atoms with van der Waals surface area (Å²) in [6, 6.07) is 6.64. The fourth-order valence-electron chi connectivity index (χ4n) is 2.85. The molecule has 0 aliphatic carbocycles. The van der Waals surface area contributed by atoms with Crippen molar-refractivity contribution in [2.45, 2.75) is 26.8 Å². The van der Waals surface area contributed by atoms with Gasteiger partial charge in [0.1, 0.15) is 5.82 Å². The summed E-state index contributed by atoms with van der Waals surface area (Å²) in [6.07, 6.45) is 0.887. The normalized spacial score (nSPS) is 11.7. The van der Waals surface area contributed by atoms with Crippen LogP contribution in [0.3, 0.4) is 0 Å². The van der Waals surface area contributed by atoms with Gasteiger partial charge in [-0.2, -0.15) is 5.10 Å². The minimum atomic E-state index is -0.216. The second kappa shape index (κ2) is 7.95. The van der Waals surface area contributed by atoms with Crippen LogP contribution in [0.15, 0.2) is 29.3 Å². The third kappa shape index (κ3) is 4.34. The van der Waals surface area contributed by atoms with Gasteiger partial charge >= 0.3 is 0 Å². The number of nitrogens with zero attached hydrogens (tertiary/aromatic N) is 4. The Balaban J connectivity index is 1.92. The van der Waals surface area contributed by atoms with Gasteiger partial charge in [0, 0.05) is 39.9 Å². The number of rotatable bonds is 5. The zero-order chi connectivity index (χ0) is 17.7. The summed E-state index contributed by atoms with van der Waals surface area (Å²) in [6.45, 7) is 5.49. The van der Waals surface area contributed by atoms with Gasteiger partial charge in [0.25, 0.3) is 0 Å². The molecule has 2 rings (SSSR count). The van der Waals surface area contributed by atoms with Crippen LogP contribution in [0.5, 0.6) is 0 Å². The number of benzene rings is 1. The minimum absolute atomic E-state index is 0.216. The molecule has 24 heavy (non-hydrogen) atoms. The Morgan fingerprint density at radius 2 is 2.12 bits per heavy atom. The lowest BCUT2D eigenvalue weighted by atomic mass is 10.1. The number of guanidine groups is 1. The molecule has 0 radical (unpaired) electrons. The van der Waals surface area contributed by atoms with Crippen LogP contribution in [0, 0.1) is 19.7 Å². The van der Waals surface area contributed by atoms with Gasteiger partial charge in [-0.05, 0) is 43.5 Å². The summed E-state index contributed by atoms with van der Waals surface area (Å²) in [5.41, 5.74) is 4.45. The van der Waals surface area contributed by atoms with Crippen molar-refractivity contribution in [1.29, 1.82) is 0 Å². The molecule has 1 heterocycles. The predicted octanol–water partition coefficient (Wildman–Crippen LogP) is 2.43. The average Bonchev–Trinajstić information content (AvgIpc) is 2.77. The second-order valence-electron chi connectivity index (χ2n) is 5.98. The van der Waals surface area contributed by atoms with Gasteiger partial charge < -0.3 is 10.2 Å². The molecule has 0 amide bonds. The van der Waals surface area contributed by atoms with E-state index in [1.165, 1.54) is 17.3 Å². The maximum absolute atomic E-state index is 13.3. The van der Waals surface area contributed by atoms with E-state index in [-0.39, 0.29) is 5.82 Å². The monoisotopic (exact) mass is 331 g/mol. The van der Waals surface area contributed by atoms with Gasteiger partial charge in [-0.3, -0.25) is 9.67 Å². The van der Waals surface area contributed by atoms with E-state index in [2.05, 4.69) is 22.3 Å². The highest BCUT2D eigenvalue weighted by Crippen LogP contribution is 2.12. The second-order valence-corrected chi connectivity index (χ2v) is 5.98. The predicted molar refractivity (Wildman–Crippen MR) is 95.6 cm³/mol. The van der Waals surface area contributed by atoms with Crippen molar-refractivity contribution in [2.75, 3.05) is 20.6 Å². The molecule has 1 N–H and O–H groups in total. The molecule has 130 valence electrons. The standard InChI is InChI=1S/C18H26FN5/c1-13-17(14(2)24(5)22-13)9-10-21-18(20-3)23(4)12-15-7-6-8-16(19)11-15/h6-8,11H,9-10,12H2,1-5H3,(H,20,21). The first-order valence-electron chi connectivity index (χ1n) is 8.07. The molecule has 6 heteroatoms. The van der Waals surface area contributed by atoms with Crippen LogP contribution in [0.4, 0.5) is 4.39 Å². The highest BCUT2D eigenvalue weighted by molar-refractivity contribution is 5.79. The first-order chi connectivity index (χ1) is 11.4. The molecule has 0 bridgehead atoms. The van der Waals surface area contributed by atoms with Gasteiger partial charge in [0.2, 0.25) is 0 Å². The first kappa shape index (κ1) is 18.0. The van der Waals surface area contributed by atoms with Gasteiger partial charge in [-0.1, -0.05) is 12.1 Å². The lowest BCUT2D eigenvalue weighted by molar-refractivity contribution is 0.475. The quantitative estimate of drug-likeness (QED) is 0.676. The molecular weight excluding hydrogens is 305 g/mol. The summed E-state index contributed by atoms with van der Waals surface area (Å²) >= 11 is 0. The van der Waals surface area contributed by atoms with Crippen LogP contribution in [-0.4, -0.2) is 41.3 Å². The Kier molecular flexibility index (Phi) is 5.95. The number of aryl methyl sites for hydroxylation is 2. The molecule has 0 unspecified atom stereocenters. The highest BCUT2D eigenvalue weighted by atomic mass is 19.1. The number of nitrogens with one attached hydrogen (secondary N) is 1. The molecule has 0 aliphatic rings. The van der Waals surface area contributed by atoms with Crippen molar-refractivity contribution in [3.8, 4) is 0 Å². The Labute approximate surface area is 143 Å². The van der Waals surface area contributed by atoms with E-state index >= 15 is 0 Å². The van der Waals surface area contributed by atoms with Crippen molar-refractivity contribution < 1.29 is 4.39 Å². The van der Waals surface area contributed by atoms with E-state index in [0.29, 0.717) is 6.54 Å². The number of hydrogen-bond donors (Lipinski definition) is 1. The number of hydrogen-bond acceptors (Lipinski definition) is 2. The summed E-state index contributed by atoms with van der Waals surface area (Å²) in [5.74, 6) is 0.574. The van der Waals surface area contributed by atoms with Gasteiger partial charge in [-0.25, -0.2) is 4.39 Å². The van der Waals surface area contributed by atoms with E-state index in [9.17, 15) is 4.39 Å². The highest BCUT2D eigenvalue weighted by Gasteiger charge is 2.11. The lowest BCUT2D eigenvalue weighted by Gasteiger charge is -2.22. The van der Waals surface area contributed by atoms with Crippen LogP contribution < -0.4 is 5.32 Å². The van der Waals surface area contributed by atoms with Crippen molar-refractivity contribution in [2.24, 2.45) is 12.0 Å². The fourth-order valence-corrected chi connectivity index (χ4v) is 2.85. The van der Waals surface area contributed by atoms with Crippen molar-refractivity contribution in [1.82, 2.24) is 20.0 Å².